The van der Waals surface area contributed by atoms with Crippen LogP contribution in [0.4, 0.5) is 11.6 Å². The third-order valence-corrected chi connectivity index (χ3v) is 4.90. The summed E-state index contributed by atoms with van der Waals surface area (Å²) in [7, 11) is 3.38. The molecule has 0 aliphatic heterocycles. The molecular weight excluding hydrogens is 424 g/mol. The third kappa shape index (κ3) is 7.62. The lowest BCUT2D eigenvalue weighted by Gasteiger charge is -2.24. The molecule has 0 bridgehead atoms. The van der Waals surface area contributed by atoms with Gasteiger partial charge in [0.1, 0.15) is 5.82 Å². The maximum atomic E-state index is 12.7. The number of aromatic nitrogens is 4. The zero-order valence-electron chi connectivity index (χ0n) is 20.8. The number of amides is 3. The van der Waals surface area contributed by atoms with Crippen LogP contribution in [0.1, 0.15) is 75.6 Å². The monoisotopic (exact) mass is 460 g/mol. The van der Waals surface area contributed by atoms with Crippen LogP contribution in [0.3, 0.4) is 0 Å². The second-order valence-electron chi connectivity index (χ2n) is 9.74. The summed E-state index contributed by atoms with van der Waals surface area (Å²) in [6, 6.07) is 0. The molecule has 0 unspecified atom stereocenters. The van der Waals surface area contributed by atoms with Crippen molar-refractivity contribution < 1.29 is 14.4 Å². The van der Waals surface area contributed by atoms with Gasteiger partial charge in [0.25, 0.3) is 11.8 Å². The Morgan fingerprint density at radius 2 is 1.45 bits per heavy atom. The molecule has 0 atom stereocenters. The van der Waals surface area contributed by atoms with Crippen molar-refractivity contribution in [3.8, 4) is 0 Å². The number of carbonyl (C=O) groups excluding carboxylic acids is 3. The molecular formula is C22H36N8O3. The molecule has 182 valence electrons. The van der Waals surface area contributed by atoms with Crippen LogP contribution in [-0.2, 0) is 18.9 Å². The predicted molar refractivity (Wildman–Crippen MR) is 127 cm³/mol. The van der Waals surface area contributed by atoms with Crippen molar-refractivity contribution in [3.63, 3.8) is 0 Å². The van der Waals surface area contributed by atoms with Crippen LogP contribution in [-0.4, -0.2) is 54.4 Å². The van der Waals surface area contributed by atoms with Crippen LogP contribution in [0.5, 0.6) is 0 Å². The van der Waals surface area contributed by atoms with E-state index in [1.54, 1.807) is 31.1 Å². The number of nitrogens with one attached hydrogen (secondary N) is 4. The Morgan fingerprint density at radius 1 is 0.909 bits per heavy atom. The van der Waals surface area contributed by atoms with Crippen molar-refractivity contribution in [2.45, 2.75) is 65.5 Å². The van der Waals surface area contributed by atoms with E-state index in [9.17, 15) is 14.4 Å². The van der Waals surface area contributed by atoms with Gasteiger partial charge in [0.05, 0.1) is 0 Å². The minimum Gasteiger partial charge on any atom is -0.364 e. The Morgan fingerprint density at radius 3 is 2.03 bits per heavy atom. The van der Waals surface area contributed by atoms with Gasteiger partial charge in [-0.25, -0.2) is 9.97 Å². The Hall–Kier alpha value is -3.37. The Balaban J connectivity index is 1.96. The van der Waals surface area contributed by atoms with Gasteiger partial charge in [0.2, 0.25) is 17.6 Å². The molecule has 0 aliphatic rings. The average Bonchev–Trinajstić information content (AvgIpc) is 3.21. The zero-order valence-corrected chi connectivity index (χ0v) is 20.8. The molecule has 0 fully saturated rings. The molecule has 0 spiro atoms. The van der Waals surface area contributed by atoms with Crippen molar-refractivity contribution in [3.05, 3.63) is 24.0 Å². The highest BCUT2D eigenvalue weighted by Crippen LogP contribution is 2.15. The largest absolute Gasteiger partial charge is 0.364 e. The summed E-state index contributed by atoms with van der Waals surface area (Å²) in [5.74, 6) is 0.124. The van der Waals surface area contributed by atoms with Gasteiger partial charge in [-0.3, -0.25) is 14.4 Å². The van der Waals surface area contributed by atoms with Crippen LogP contribution in [0.2, 0.25) is 0 Å². The zero-order chi connectivity index (χ0) is 25.0. The number of imidazole rings is 2. The van der Waals surface area contributed by atoms with Crippen LogP contribution < -0.4 is 21.3 Å². The topological polar surface area (TPSA) is 135 Å². The third-order valence-electron chi connectivity index (χ3n) is 4.90. The highest BCUT2D eigenvalue weighted by Gasteiger charge is 2.21. The number of aryl methyl sites for hydroxylation is 2. The summed E-state index contributed by atoms with van der Waals surface area (Å²) >= 11 is 0. The van der Waals surface area contributed by atoms with E-state index >= 15 is 0 Å². The lowest BCUT2D eigenvalue weighted by atomic mass is 10.0. The maximum Gasteiger partial charge on any atom is 0.292 e. The van der Waals surface area contributed by atoms with E-state index in [1.807, 2.05) is 41.5 Å². The quantitative estimate of drug-likeness (QED) is 0.452. The molecule has 0 saturated heterocycles. The van der Waals surface area contributed by atoms with Crippen LogP contribution in [0, 0.1) is 0 Å². The highest BCUT2D eigenvalue weighted by atomic mass is 16.2. The van der Waals surface area contributed by atoms with E-state index < -0.39 is 11.8 Å². The van der Waals surface area contributed by atoms with Crippen LogP contribution in [0.15, 0.2) is 12.4 Å². The van der Waals surface area contributed by atoms with Gasteiger partial charge in [0, 0.05) is 50.5 Å². The smallest absolute Gasteiger partial charge is 0.292 e. The predicted octanol–water partition coefficient (Wildman–Crippen LogP) is 2.04. The fourth-order valence-electron chi connectivity index (χ4n) is 2.93. The molecule has 4 N–H and O–H groups in total. The summed E-state index contributed by atoms with van der Waals surface area (Å²) in [5, 5.41) is 11.5. The Labute approximate surface area is 194 Å². The van der Waals surface area contributed by atoms with E-state index in [0.717, 1.165) is 6.42 Å². The number of rotatable bonds is 9. The molecule has 2 rings (SSSR count). The van der Waals surface area contributed by atoms with E-state index in [0.29, 0.717) is 5.82 Å². The van der Waals surface area contributed by atoms with E-state index in [-0.39, 0.29) is 47.4 Å². The molecule has 0 aromatic carbocycles. The normalized spacial score (nSPS) is 11.8. The number of carbonyl (C=O) groups is 3. The summed E-state index contributed by atoms with van der Waals surface area (Å²) in [4.78, 5) is 45.7. The maximum absolute atomic E-state index is 12.7. The first-order valence-electron chi connectivity index (χ1n) is 11.0. The summed E-state index contributed by atoms with van der Waals surface area (Å²) in [6.45, 7) is 12.1. The van der Waals surface area contributed by atoms with Crippen LogP contribution >= 0.6 is 0 Å². The van der Waals surface area contributed by atoms with Gasteiger partial charge < -0.3 is 30.4 Å². The summed E-state index contributed by atoms with van der Waals surface area (Å²) in [5.41, 5.74) is -0.483. The molecule has 0 radical (unpaired) electrons. The van der Waals surface area contributed by atoms with Gasteiger partial charge in [-0.15, -0.1) is 0 Å². The fraction of sp³-hybridized carbons (Fsp3) is 0.591. The van der Waals surface area contributed by atoms with Crippen molar-refractivity contribution in [2.75, 3.05) is 17.2 Å². The summed E-state index contributed by atoms with van der Waals surface area (Å²) in [6.07, 6.45) is 4.24. The minimum absolute atomic E-state index is 0.120. The average molecular weight is 461 g/mol. The van der Waals surface area contributed by atoms with Crippen LogP contribution in [0.25, 0.3) is 0 Å². The number of anilines is 2. The molecule has 3 amide bonds. The highest BCUT2D eigenvalue weighted by molar-refractivity contribution is 6.02. The van der Waals surface area contributed by atoms with E-state index in [1.165, 1.54) is 4.57 Å². The van der Waals surface area contributed by atoms with E-state index in [2.05, 4.69) is 31.2 Å². The molecule has 11 nitrogen and oxygen atoms in total. The Bertz CT molecular complexity index is 1010. The summed E-state index contributed by atoms with van der Waals surface area (Å²) < 4.78 is 3.13. The second-order valence-corrected chi connectivity index (χ2v) is 9.74. The van der Waals surface area contributed by atoms with Crippen molar-refractivity contribution in [1.29, 1.82) is 0 Å². The van der Waals surface area contributed by atoms with Crippen molar-refractivity contribution in [1.82, 2.24) is 29.7 Å². The minimum atomic E-state index is -0.445. The van der Waals surface area contributed by atoms with Crippen molar-refractivity contribution >= 4 is 29.4 Å². The number of hydrogen-bond donors (Lipinski definition) is 4. The molecule has 0 saturated carbocycles. The number of hydrogen-bond acceptors (Lipinski definition) is 6. The second kappa shape index (κ2) is 10.1. The van der Waals surface area contributed by atoms with Gasteiger partial charge >= 0.3 is 0 Å². The van der Waals surface area contributed by atoms with Gasteiger partial charge in [-0.2, -0.15) is 0 Å². The van der Waals surface area contributed by atoms with Gasteiger partial charge in [-0.1, -0.05) is 6.92 Å². The lowest BCUT2D eigenvalue weighted by molar-refractivity contribution is -0.122. The molecule has 2 heterocycles. The molecule has 2 aromatic rings. The first kappa shape index (κ1) is 25.9. The molecule has 0 aliphatic carbocycles. The SMILES string of the molecule is CCC(C)(C)NC(=O)CCNC(=O)c1nc(NC(=O)c2nc(NC(C)(C)C)cn2C)cn1C. The van der Waals surface area contributed by atoms with Crippen molar-refractivity contribution in [2.24, 2.45) is 14.1 Å². The standard InChI is InChI=1S/C22H36N8O3/c1-9-22(5,6)28-16(31)10-11-23-19(32)17-24-14(12-29(17)7)26-20(33)18-25-15(13-30(18)8)27-21(2,3)4/h12-13,27H,9-11H2,1-8H3,(H,23,32)(H,26,33)(H,28,31). The molecule has 11 heteroatoms. The number of nitrogens with zero attached hydrogens (tertiary/aromatic N) is 4. The Kier molecular flexibility index (Phi) is 7.89. The first-order chi connectivity index (χ1) is 15.2. The molecule has 2 aromatic heterocycles. The van der Waals surface area contributed by atoms with Gasteiger partial charge in [-0.05, 0) is 41.0 Å². The lowest BCUT2D eigenvalue weighted by Crippen LogP contribution is -2.43. The van der Waals surface area contributed by atoms with E-state index in [4.69, 9.17) is 0 Å². The fourth-order valence-corrected chi connectivity index (χ4v) is 2.93. The van der Waals surface area contributed by atoms with Gasteiger partial charge in [0.15, 0.2) is 5.82 Å². The first-order valence-corrected chi connectivity index (χ1v) is 11.0. The molecule has 33 heavy (non-hydrogen) atoms.